The third kappa shape index (κ3) is 5.12. The highest BCUT2D eigenvalue weighted by atomic mass is 16.5. The molecule has 8 heteroatoms. The van der Waals surface area contributed by atoms with Crippen LogP contribution >= 0.6 is 0 Å². The van der Waals surface area contributed by atoms with Gasteiger partial charge in [-0.3, -0.25) is 4.57 Å². The molecule has 0 aliphatic heterocycles. The van der Waals surface area contributed by atoms with Crippen molar-refractivity contribution >= 4 is 11.6 Å². The summed E-state index contributed by atoms with van der Waals surface area (Å²) in [4.78, 5) is 30.4. The van der Waals surface area contributed by atoms with Crippen molar-refractivity contribution in [2.75, 3.05) is 19.5 Å². The lowest BCUT2D eigenvalue weighted by molar-refractivity contribution is 0.414. The summed E-state index contributed by atoms with van der Waals surface area (Å²) in [6.45, 7) is 0.361. The topological polar surface area (TPSA) is 87.4 Å². The Balaban J connectivity index is 1.76. The van der Waals surface area contributed by atoms with Crippen molar-refractivity contribution in [3.8, 4) is 11.5 Å². The highest BCUT2D eigenvalue weighted by Crippen LogP contribution is 2.19. The number of anilines is 2. The van der Waals surface area contributed by atoms with E-state index in [1.807, 2.05) is 54.6 Å². The predicted octanol–water partition coefficient (Wildman–Crippen LogP) is 3.26. The molecule has 0 radical (unpaired) electrons. The third-order valence-corrected chi connectivity index (χ3v) is 5.18. The number of methoxy groups -OCH3 is 2. The minimum absolute atomic E-state index is 0.136. The number of benzene rings is 3. The fourth-order valence-corrected chi connectivity index (χ4v) is 3.39. The van der Waals surface area contributed by atoms with Gasteiger partial charge < -0.3 is 14.8 Å². The smallest absolute Gasteiger partial charge is 0.355 e. The summed E-state index contributed by atoms with van der Waals surface area (Å²) in [5, 5.41) is 3.10. The maximum absolute atomic E-state index is 13.4. The van der Waals surface area contributed by atoms with E-state index in [2.05, 4.69) is 10.3 Å². The molecule has 0 spiro atoms. The van der Waals surface area contributed by atoms with Gasteiger partial charge in [0.2, 0.25) is 5.95 Å². The minimum atomic E-state index is -0.620. The Bertz CT molecular complexity index is 1330. The highest BCUT2D eigenvalue weighted by molar-refractivity contribution is 5.54. The molecule has 3 aromatic carbocycles. The molecule has 0 saturated heterocycles. The van der Waals surface area contributed by atoms with Crippen LogP contribution in [0, 0.1) is 0 Å². The van der Waals surface area contributed by atoms with E-state index in [9.17, 15) is 9.59 Å². The molecule has 4 aromatic rings. The number of aromatic nitrogens is 3. The molecule has 0 aliphatic rings. The molecule has 1 N–H and O–H groups in total. The molecule has 0 amide bonds. The lowest BCUT2D eigenvalue weighted by atomic mass is 10.2. The Kier molecular flexibility index (Phi) is 6.54. The molecular weight excluding hydrogens is 420 g/mol. The first-order valence-electron chi connectivity index (χ1n) is 10.4. The molecule has 33 heavy (non-hydrogen) atoms. The lowest BCUT2D eigenvalue weighted by Crippen LogP contribution is -2.43. The number of nitrogens with zero attached hydrogens (tertiary/aromatic N) is 3. The van der Waals surface area contributed by atoms with Crippen molar-refractivity contribution < 1.29 is 9.47 Å². The summed E-state index contributed by atoms with van der Waals surface area (Å²) in [6.07, 6.45) is 0. The highest BCUT2D eigenvalue weighted by Gasteiger charge is 2.15. The first-order chi connectivity index (χ1) is 16.1. The molecule has 0 aliphatic carbocycles. The molecule has 0 unspecified atom stereocenters. The van der Waals surface area contributed by atoms with Gasteiger partial charge in [-0.15, -0.1) is 0 Å². The summed E-state index contributed by atoms with van der Waals surface area (Å²) < 4.78 is 13.0. The molecular formula is C25H24N4O4. The van der Waals surface area contributed by atoms with Crippen molar-refractivity contribution in [2.24, 2.45) is 0 Å². The zero-order valence-electron chi connectivity index (χ0n) is 18.4. The van der Waals surface area contributed by atoms with Crippen LogP contribution in [0.15, 0.2) is 88.5 Å². The maximum Gasteiger partial charge on any atom is 0.355 e. The van der Waals surface area contributed by atoms with E-state index in [0.29, 0.717) is 11.4 Å². The van der Waals surface area contributed by atoms with Crippen LogP contribution in [0.25, 0.3) is 0 Å². The van der Waals surface area contributed by atoms with Crippen LogP contribution < -0.4 is 26.2 Å². The van der Waals surface area contributed by atoms with Gasteiger partial charge in [-0.2, -0.15) is 4.98 Å². The quantitative estimate of drug-likeness (QED) is 0.449. The number of nitrogens with one attached hydrogen (secondary N) is 1. The number of hydrogen-bond acceptors (Lipinski definition) is 6. The van der Waals surface area contributed by atoms with Gasteiger partial charge in [0.05, 0.1) is 27.3 Å². The van der Waals surface area contributed by atoms with E-state index in [-0.39, 0.29) is 19.0 Å². The van der Waals surface area contributed by atoms with E-state index in [4.69, 9.17) is 9.47 Å². The summed E-state index contributed by atoms with van der Waals surface area (Å²) in [6, 6.07) is 23.9. The Hall–Kier alpha value is -4.33. The van der Waals surface area contributed by atoms with Gasteiger partial charge in [-0.25, -0.2) is 14.2 Å². The first-order valence-corrected chi connectivity index (χ1v) is 10.4. The first kappa shape index (κ1) is 21.9. The van der Waals surface area contributed by atoms with Crippen molar-refractivity contribution in [1.29, 1.82) is 0 Å². The van der Waals surface area contributed by atoms with Crippen molar-refractivity contribution in [3.05, 3.63) is 111 Å². The van der Waals surface area contributed by atoms with Crippen LogP contribution in [0.3, 0.4) is 0 Å². The average molecular weight is 444 g/mol. The lowest BCUT2D eigenvalue weighted by Gasteiger charge is -2.16. The van der Waals surface area contributed by atoms with Gasteiger partial charge in [0, 0.05) is 5.69 Å². The monoisotopic (exact) mass is 444 g/mol. The van der Waals surface area contributed by atoms with Gasteiger partial charge in [0.1, 0.15) is 11.5 Å². The fraction of sp³-hybridized carbons (Fsp3) is 0.160. The molecule has 1 aromatic heterocycles. The van der Waals surface area contributed by atoms with Gasteiger partial charge in [0.15, 0.2) is 0 Å². The largest absolute Gasteiger partial charge is 0.497 e. The summed E-state index contributed by atoms with van der Waals surface area (Å²) in [7, 11) is 3.18. The van der Waals surface area contributed by atoms with Crippen LogP contribution in [0.2, 0.25) is 0 Å². The second kappa shape index (κ2) is 9.86. The Labute approximate surface area is 190 Å². The van der Waals surface area contributed by atoms with Crippen LogP contribution in [-0.2, 0) is 13.1 Å². The number of ether oxygens (including phenoxy) is 2. The van der Waals surface area contributed by atoms with Crippen molar-refractivity contribution in [3.63, 3.8) is 0 Å². The number of rotatable bonds is 8. The maximum atomic E-state index is 13.4. The van der Waals surface area contributed by atoms with Crippen molar-refractivity contribution in [1.82, 2.24) is 14.1 Å². The van der Waals surface area contributed by atoms with E-state index in [1.165, 1.54) is 4.57 Å². The zero-order valence-corrected chi connectivity index (χ0v) is 18.4. The van der Waals surface area contributed by atoms with Crippen LogP contribution in [0.5, 0.6) is 11.5 Å². The van der Waals surface area contributed by atoms with E-state index in [0.717, 1.165) is 21.4 Å². The normalized spacial score (nSPS) is 10.6. The van der Waals surface area contributed by atoms with E-state index >= 15 is 0 Å². The second-order valence-corrected chi connectivity index (χ2v) is 7.36. The molecule has 0 fully saturated rings. The molecule has 4 rings (SSSR count). The van der Waals surface area contributed by atoms with Gasteiger partial charge in [-0.05, 0) is 47.5 Å². The Morgan fingerprint density at radius 3 is 1.88 bits per heavy atom. The van der Waals surface area contributed by atoms with Gasteiger partial charge in [0.25, 0.3) is 0 Å². The van der Waals surface area contributed by atoms with Crippen LogP contribution in [0.1, 0.15) is 11.1 Å². The Morgan fingerprint density at radius 2 is 1.27 bits per heavy atom. The molecule has 0 saturated carbocycles. The molecule has 8 nitrogen and oxygen atoms in total. The predicted molar refractivity (Wildman–Crippen MR) is 127 cm³/mol. The van der Waals surface area contributed by atoms with Crippen molar-refractivity contribution in [2.45, 2.75) is 13.1 Å². The summed E-state index contributed by atoms with van der Waals surface area (Å²) in [5.74, 6) is 1.58. The van der Waals surface area contributed by atoms with E-state index < -0.39 is 11.4 Å². The Morgan fingerprint density at radius 1 is 0.727 bits per heavy atom. The minimum Gasteiger partial charge on any atom is -0.497 e. The van der Waals surface area contributed by atoms with Gasteiger partial charge >= 0.3 is 11.4 Å². The molecule has 168 valence electrons. The van der Waals surface area contributed by atoms with Crippen LogP contribution in [-0.4, -0.2) is 28.3 Å². The van der Waals surface area contributed by atoms with Crippen LogP contribution in [0.4, 0.5) is 11.6 Å². The second-order valence-electron chi connectivity index (χ2n) is 7.36. The summed E-state index contributed by atoms with van der Waals surface area (Å²) >= 11 is 0. The number of hydrogen-bond donors (Lipinski definition) is 1. The zero-order chi connectivity index (χ0) is 23.2. The molecule has 0 bridgehead atoms. The standard InChI is InChI=1S/C25H24N4O4/c1-32-21-12-8-19(9-13-21)16-28-23(26-20-10-14-22(33-2)15-11-20)27-24(30)29(25(28)31)17-18-6-4-3-5-7-18/h3-15H,16-17H2,1-2H3,(H,26,27,30). The van der Waals surface area contributed by atoms with E-state index in [1.54, 1.807) is 38.5 Å². The molecule has 0 atom stereocenters. The fourth-order valence-electron chi connectivity index (χ4n) is 3.39. The van der Waals surface area contributed by atoms with Gasteiger partial charge in [-0.1, -0.05) is 42.5 Å². The SMILES string of the molecule is COc1ccc(Cn2c(Nc3ccc(OC)cc3)nc(=O)n(Cc3ccccc3)c2=O)cc1. The molecule has 1 heterocycles. The summed E-state index contributed by atoms with van der Waals surface area (Å²) in [5.41, 5.74) is 1.30. The average Bonchev–Trinajstić information content (AvgIpc) is 2.85. The third-order valence-electron chi connectivity index (χ3n) is 5.18.